The van der Waals surface area contributed by atoms with E-state index in [4.69, 9.17) is 19.3 Å². The summed E-state index contributed by atoms with van der Waals surface area (Å²) in [5.41, 5.74) is 0. The minimum Gasteiger partial charge on any atom is -0.481 e. The molecule has 0 saturated carbocycles. The Morgan fingerprint density at radius 2 is 1.90 bits per heavy atom. The molecule has 0 aromatic rings. The lowest BCUT2D eigenvalue weighted by atomic mass is 10.5. The standard InChI is InChI=1S/C7H14N2O.C7H14O4/c1-8-3-4-9(7-8)5-6-10-2;1-2-10-5-6-11-4-3-7(8)9/h3-4H,5-7H2,1-2H3;2-6H2,1H3,(H,8,9). The average molecular weight is 304 g/mol. The minimum absolute atomic E-state index is 0.0616. The molecule has 21 heavy (non-hydrogen) atoms. The number of carboxylic acids is 1. The van der Waals surface area contributed by atoms with Crippen LogP contribution in [0.3, 0.4) is 0 Å². The molecule has 124 valence electrons. The topological polar surface area (TPSA) is 71.5 Å². The molecule has 0 saturated heterocycles. The Morgan fingerprint density at radius 1 is 1.19 bits per heavy atom. The Hall–Kier alpha value is -1.31. The van der Waals surface area contributed by atoms with Crippen LogP contribution in [0.5, 0.6) is 0 Å². The third-order valence-corrected chi connectivity index (χ3v) is 2.56. The molecular weight excluding hydrogens is 276 g/mol. The van der Waals surface area contributed by atoms with Gasteiger partial charge >= 0.3 is 5.97 Å². The largest absolute Gasteiger partial charge is 0.481 e. The number of carboxylic acid groups (broad SMARTS) is 1. The summed E-state index contributed by atoms with van der Waals surface area (Å²) >= 11 is 0. The van der Waals surface area contributed by atoms with E-state index in [2.05, 4.69) is 29.2 Å². The van der Waals surface area contributed by atoms with Gasteiger partial charge in [0.25, 0.3) is 0 Å². The number of rotatable bonds is 10. The highest BCUT2D eigenvalue weighted by atomic mass is 16.5. The zero-order valence-electron chi connectivity index (χ0n) is 13.3. The second-order valence-electron chi connectivity index (χ2n) is 4.45. The van der Waals surface area contributed by atoms with Crippen molar-refractivity contribution in [3.8, 4) is 0 Å². The lowest BCUT2D eigenvalue weighted by Gasteiger charge is -2.16. The van der Waals surface area contributed by atoms with E-state index in [1.807, 2.05) is 6.92 Å². The number of aliphatic carboxylic acids is 1. The zero-order chi connectivity index (χ0) is 15.9. The number of methoxy groups -OCH3 is 1. The van der Waals surface area contributed by atoms with Crippen LogP contribution in [0, 0.1) is 0 Å². The predicted octanol–water partition coefficient (Wildman–Crippen LogP) is 0.823. The summed E-state index contributed by atoms with van der Waals surface area (Å²) in [6, 6.07) is 0. The highest BCUT2D eigenvalue weighted by molar-refractivity contribution is 5.66. The molecule has 0 aromatic carbocycles. The fourth-order valence-corrected chi connectivity index (χ4v) is 1.47. The molecule has 0 unspecified atom stereocenters. The fourth-order valence-electron chi connectivity index (χ4n) is 1.47. The first-order valence-corrected chi connectivity index (χ1v) is 7.09. The van der Waals surface area contributed by atoms with Crippen molar-refractivity contribution in [3.63, 3.8) is 0 Å². The molecule has 1 rings (SSSR count). The van der Waals surface area contributed by atoms with Crippen LogP contribution in [0.2, 0.25) is 0 Å². The quantitative estimate of drug-likeness (QED) is 0.599. The van der Waals surface area contributed by atoms with E-state index < -0.39 is 5.97 Å². The van der Waals surface area contributed by atoms with Crippen LogP contribution < -0.4 is 0 Å². The molecule has 1 heterocycles. The summed E-state index contributed by atoms with van der Waals surface area (Å²) in [7, 11) is 3.78. The molecule has 1 N–H and O–H groups in total. The van der Waals surface area contributed by atoms with E-state index in [-0.39, 0.29) is 13.0 Å². The van der Waals surface area contributed by atoms with Gasteiger partial charge in [-0.25, -0.2) is 0 Å². The molecule has 0 amide bonds. The highest BCUT2D eigenvalue weighted by Crippen LogP contribution is 2.01. The van der Waals surface area contributed by atoms with Crippen molar-refractivity contribution in [2.75, 3.05) is 60.4 Å². The maximum atomic E-state index is 9.98. The SMILES string of the molecule is CCOCCOCCC(=O)O.COCCN1C=CN(C)C1. The molecular formula is C14H28N2O5. The van der Waals surface area contributed by atoms with Gasteiger partial charge in [-0.15, -0.1) is 0 Å². The predicted molar refractivity (Wildman–Crippen MR) is 79.9 cm³/mol. The number of ether oxygens (including phenoxy) is 3. The van der Waals surface area contributed by atoms with Gasteiger partial charge < -0.3 is 29.1 Å². The van der Waals surface area contributed by atoms with E-state index >= 15 is 0 Å². The van der Waals surface area contributed by atoms with Crippen molar-refractivity contribution in [2.24, 2.45) is 0 Å². The normalized spacial score (nSPS) is 13.3. The van der Waals surface area contributed by atoms with Crippen molar-refractivity contribution in [2.45, 2.75) is 13.3 Å². The number of hydrogen-bond acceptors (Lipinski definition) is 6. The van der Waals surface area contributed by atoms with Gasteiger partial charge in [0.05, 0.1) is 39.5 Å². The third kappa shape index (κ3) is 13.4. The van der Waals surface area contributed by atoms with Crippen molar-refractivity contribution in [1.82, 2.24) is 9.80 Å². The average Bonchev–Trinajstić information content (AvgIpc) is 2.86. The Kier molecular flexibility index (Phi) is 12.8. The molecule has 0 spiro atoms. The zero-order valence-corrected chi connectivity index (χ0v) is 13.3. The van der Waals surface area contributed by atoms with Crippen molar-refractivity contribution in [3.05, 3.63) is 12.4 Å². The fraction of sp³-hybridized carbons (Fsp3) is 0.786. The van der Waals surface area contributed by atoms with Gasteiger partial charge in [-0.05, 0) is 6.92 Å². The van der Waals surface area contributed by atoms with E-state index in [1.54, 1.807) is 7.11 Å². The van der Waals surface area contributed by atoms with E-state index in [1.165, 1.54) is 0 Å². The molecule has 0 aromatic heterocycles. The first-order chi connectivity index (χ1) is 10.1. The molecule has 1 aliphatic heterocycles. The van der Waals surface area contributed by atoms with E-state index in [9.17, 15) is 4.79 Å². The second kappa shape index (κ2) is 13.7. The van der Waals surface area contributed by atoms with Crippen LogP contribution in [0.25, 0.3) is 0 Å². The van der Waals surface area contributed by atoms with Crippen LogP contribution in [0.4, 0.5) is 0 Å². The van der Waals surface area contributed by atoms with Crippen molar-refractivity contribution in [1.29, 1.82) is 0 Å². The molecule has 0 atom stereocenters. The molecule has 0 bridgehead atoms. The maximum Gasteiger partial charge on any atom is 0.305 e. The minimum atomic E-state index is -0.832. The first kappa shape index (κ1) is 19.7. The lowest BCUT2D eigenvalue weighted by Crippen LogP contribution is -2.25. The summed E-state index contributed by atoms with van der Waals surface area (Å²) in [5.74, 6) is -0.832. The number of hydrogen-bond donors (Lipinski definition) is 1. The number of carbonyl (C=O) groups is 1. The van der Waals surface area contributed by atoms with Gasteiger partial charge in [-0.2, -0.15) is 0 Å². The van der Waals surface area contributed by atoms with Crippen molar-refractivity contribution >= 4 is 5.97 Å². The summed E-state index contributed by atoms with van der Waals surface area (Å²) in [6.07, 6.45) is 4.21. The Bertz CT molecular complexity index is 287. The highest BCUT2D eigenvalue weighted by Gasteiger charge is 2.06. The van der Waals surface area contributed by atoms with Crippen LogP contribution in [-0.2, 0) is 19.0 Å². The first-order valence-electron chi connectivity index (χ1n) is 7.09. The summed E-state index contributed by atoms with van der Waals surface area (Å²) in [5, 5.41) is 8.20. The molecule has 7 heteroatoms. The van der Waals surface area contributed by atoms with E-state index in [0.717, 1.165) is 19.8 Å². The van der Waals surface area contributed by atoms with Gasteiger partial charge in [0, 0.05) is 39.7 Å². The molecule has 0 radical (unpaired) electrons. The van der Waals surface area contributed by atoms with Gasteiger partial charge in [0.1, 0.15) is 0 Å². The van der Waals surface area contributed by atoms with E-state index in [0.29, 0.717) is 19.8 Å². The lowest BCUT2D eigenvalue weighted by molar-refractivity contribution is -0.138. The van der Waals surface area contributed by atoms with Gasteiger partial charge in [0.2, 0.25) is 0 Å². The van der Waals surface area contributed by atoms with Gasteiger partial charge in [-0.1, -0.05) is 0 Å². The summed E-state index contributed by atoms with van der Waals surface area (Å²) < 4.78 is 14.9. The second-order valence-corrected chi connectivity index (χ2v) is 4.45. The summed E-state index contributed by atoms with van der Waals surface area (Å²) in [6.45, 7) is 6.62. The van der Waals surface area contributed by atoms with Gasteiger partial charge in [-0.3, -0.25) is 4.79 Å². The Labute approximate surface area is 127 Å². The van der Waals surface area contributed by atoms with Crippen LogP contribution in [0.15, 0.2) is 12.4 Å². The third-order valence-electron chi connectivity index (χ3n) is 2.56. The molecule has 0 aliphatic carbocycles. The molecule has 0 fully saturated rings. The number of nitrogens with zero attached hydrogens (tertiary/aromatic N) is 2. The monoisotopic (exact) mass is 304 g/mol. The van der Waals surface area contributed by atoms with Crippen LogP contribution in [-0.4, -0.2) is 81.3 Å². The smallest absolute Gasteiger partial charge is 0.305 e. The molecule has 7 nitrogen and oxygen atoms in total. The Morgan fingerprint density at radius 3 is 2.43 bits per heavy atom. The van der Waals surface area contributed by atoms with Crippen LogP contribution in [0.1, 0.15) is 13.3 Å². The summed E-state index contributed by atoms with van der Waals surface area (Å²) in [4.78, 5) is 14.3. The van der Waals surface area contributed by atoms with Crippen molar-refractivity contribution < 1.29 is 24.1 Å². The molecule has 1 aliphatic rings. The van der Waals surface area contributed by atoms with Gasteiger partial charge in [0.15, 0.2) is 0 Å². The maximum absolute atomic E-state index is 9.98. The van der Waals surface area contributed by atoms with Crippen LogP contribution >= 0.6 is 0 Å². The Balaban J connectivity index is 0.000000382.